The highest BCUT2D eigenvalue weighted by atomic mass is 16.5. The Morgan fingerprint density at radius 1 is 0.969 bits per heavy atom. The summed E-state index contributed by atoms with van der Waals surface area (Å²) in [4.78, 5) is 29.7. The lowest BCUT2D eigenvalue weighted by Crippen LogP contribution is -2.45. The van der Waals surface area contributed by atoms with Crippen molar-refractivity contribution in [3.8, 4) is 0 Å². The number of unbranched alkanes of at least 4 members (excludes halogenated alkanes) is 7. The molecule has 0 bridgehead atoms. The minimum Gasteiger partial charge on any atom is -0.467 e. The molecule has 0 radical (unpaired) electrons. The zero-order valence-corrected chi connectivity index (χ0v) is 20.4. The molecule has 0 spiro atoms. The van der Waals surface area contributed by atoms with E-state index in [4.69, 9.17) is 9.15 Å². The first-order valence-corrected chi connectivity index (χ1v) is 12.8. The predicted octanol–water partition coefficient (Wildman–Crippen LogP) is 5.56. The highest BCUT2D eigenvalue weighted by molar-refractivity contribution is 5.84. The van der Waals surface area contributed by atoms with E-state index in [1.165, 1.54) is 32.1 Å². The Hall–Kier alpha value is -1.82. The molecule has 1 aromatic rings. The minimum absolute atomic E-state index is 0.0269. The van der Waals surface area contributed by atoms with E-state index in [9.17, 15) is 9.59 Å². The summed E-state index contributed by atoms with van der Waals surface area (Å²) in [6.07, 6.45) is 14.5. The van der Waals surface area contributed by atoms with Crippen LogP contribution in [0.25, 0.3) is 0 Å². The molecule has 1 fully saturated rings. The second kappa shape index (κ2) is 15.9. The van der Waals surface area contributed by atoms with Crippen LogP contribution in [0.1, 0.15) is 96.7 Å². The van der Waals surface area contributed by atoms with Gasteiger partial charge in [0.15, 0.2) is 0 Å². The molecule has 2 heterocycles. The van der Waals surface area contributed by atoms with E-state index < -0.39 is 0 Å². The van der Waals surface area contributed by atoms with Crippen molar-refractivity contribution in [3.05, 3.63) is 24.2 Å². The van der Waals surface area contributed by atoms with Gasteiger partial charge in [0, 0.05) is 26.1 Å². The summed E-state index contributed by atoms with van der Waals surface area (Å²) in [5.41, 5.74) is 0. The zero-order valence-electron chi connectivity index (χ0n) is 20.4. The number of hydrogen-bond acceptors (Lipinski definition) is 4. The number of furan rings is 1. The third-order valence-electron chi connectivity index (χ3n) is 6.18. The Kier molecular flexibility index (Phi) is 13.1. The van der Waals surface area contributed by atoms with E-state index in [1.807, 2.05) is 12.1 Å². The van der Waals surface area contributed by atoms with Crippen LogP contribution in [0.2, 0.25) is 0 Å². The molecule has 1 unspecified atom stereocenters. The molecule has 6 heteroatoms. The average molecular weight is 449 g/mol. The fourth-order valence-electron chi connectivity index (χ4n) is 4.17. The molecule has 32 heavy (non-hydrogen) atoms. The maximum atomic E-state index is 13.2. The smallest absolute Gasteiger partial charge is 0.242 e. The van der Waals surface area contributed by atoms with Gasteiger partial charge in [0.1, 0.15) is 5.76 Å². The van der Waals surface area contributed by atoms with Gasteiger partial charge < -0.3 is 19.0 Å². The molecule has 6 nitrogen and oxygen atoms in total. The van der Waals surface area contributed by atoms with Gasteiger partial charge in [-0.15, -0.1) is 0 Å². The third kappa shape index (κ3) is 10.2. The molecule has 0 saturated carbocycles. The highest BCUT2D eigenvalue weighted by Crippen LogP contribution is 2.16. The molecular formula is C26H44N2O4. The summed E-state index contributed by atoms with van der Waals surface area (Å²) in [5.74, 6) is 0.835. The van der Waals surface area contributed by atoms with Crippen LogP contribution < -0.4 is 0 Å². The molecule has 2 amide bonds. The van der Waals surface area contributed by atoms with E-state index in [0.29, 0.717) is 26.1 Å². The molecule has 0 N–H and O–H groups in total. The van der Waals surface area contributed by atoms with Gasteiger partial charge in [0.05, 0.1) is 25.5 Å². The van der Waals surface area contributed by atoms with Gasteiger partial charge in [-0.25, -0.2) is 0 Å². The van der Waals surface area contributed by atoms with Crippen LogP contribution in [0.15, 0.2) is 22.8 Å². The van der Waals surface area contributed by atoms with Crippen molar-refractivity contribution >= 4 is 11.8 Å². The van der Waals surface area contributed by atoms with Crippen molar-refractivity contribution in [2.24, 2.45) is 0 Å². The van der Waals surface area contributed by atoms with Gasteiger partial charge in [0.2, 0.25) is 11.8 Å². The van der Waals surface area contributed by atoms with Crippen molar-refractivity contribution in [1.82, 2.24) is 9.80 Å². The van der Waals surface area contributed by atoms with Crippen LogP contribution in [0.3, 0.4) is 0 Å². The number of rotatable bonds is 17. The summed E-state index contributed by atoms with van der Waals surface area (Å²) in [7, 11) is 0. The number of amides is 2. The summed E-state index contributed by atoms with van der Waals surface area (Å²) in [6.45, 7) is 6.84. The molecule has 1 aliphatic heterocycles. The van der Waals surface area contributed by atoms with E-state index in [1.54, 1.807) is 16.1 Å². The maximum Gasteiger partial charge on any atom is 0.242 e. The van der Waals surface area contributed by atoms with Gasteiger partial charge >= 0.3 is 0 Å². The Bertz CT molecular complexity index is 626. The number of carbonyl (C=O) groups excluding carboxylic acids is 2. The van der Waals surface area contributed by atoms with Gasteiger partial charge in [-0.3, -0.25) is 9.59 Å². The third-order valence-corrected chi connectivity index (χ3v) is 6.18. The lowest BCUT2D eigenvalue weighted by molar-refractivity contribution is -0.142. The lowest BCUT2D eigenvalue weighted by atomic mass is 10.1. The van der Waals surface area contributed by atoms with Gasteiger partial charge in [-0.05, 0) is 37.8 Å². The van der Waals surface area contributed by atoms with Crippen molar-refractivity contribution in [1.29, 1.82) is 0 Å². The van der Waals surface area contributed by atoms with E-state index in [-0.39, 0.29) is 24.5 Å². The Morgan fingerprint density at radius 3 is 2.38 bits per heavy atom. The Labute approximate surface area is 194 Å². The SMILES string of the molecule is CCCCCCCCCC(=O)N(CCCC)CC(=O)N(Cc1ccco1)CC1CCCO1. The molecule has 1 atom stereocenters. The van der Waals surface area contributed by atoms with Crippen LogP contribution in [-0.2, 0) is 20.9 Å². The second-order valence-corrected chi connectivity index (χ2v) is 9.03. The first-order chi connectivity index (χ1) is 15.6. The van der Waals surface area contributed by atoms with E-state index in [0.717, 1.165) is 50.9 Å². The Balaban J connectivity index is 1.88. The van der Waals surface area contributed by atoms with Crippen LogP contribution >= 0.6 is 0 Å². The van der Waals surface area contributed by atoms with Crippen molar-refractivity contribution in [2.75, 3.05) is 26.2 Å². The minimum atomic E-state index is -0.0269. The average Bonchev–Trinajstić information content (AvgIpc) is 3.49. The predicted molar refractivity (Wildman–Crippen MR) is 127 cm³/mol. The summed E-state index contributed by atoms with van der Waals surface area (Å²) in [5, 5.41) is 0. The number of ether oxygens (including phenoxy) is 1. The van der Waals surface area contributed by atoms with Crippen molar-refractivity contribution < 1.29 is 18.7 Å². The zero-order chi connectivity index (χ0) is 23.0. The summed E-state index contributed by atoms with van der Waals surface area (Å²) >= 11 is 0. The Morgan fingerprint density at radius 2 is 1.72 bits per heavy atom. The van der Waals surface area contributed by atoms with Crippen LogP contribution in [0, 0.1) is 0 Å². The normalized spacial score (nSPS) is 15.8. The fourth-order valence-corrected chi connectivity index (χ4v) is 4.17. The number of carbonyl (C=O) groups is 2. The van der Waals surface area contributed by atoms with Crippen LogP contribution in [-0.4, -0.2) is 54.0 Å². The topological polar surface area (TPSA) is 63.0 Å². The number of hydrogen-bond donors (Lipinski definition) is 0. The molecule has 1 aromatic heterocycles. The lowest BCUT2D eigenvalue weighted by Gasteiger charge is -2.29. The molecule has 1 aliphatic rings. The van der Waals surface area contributed by atoms with Crippen molar-refractivity contribution in [3.63, 3.8) is 0 Å². The monoisotopic (exact) mass is 448 g/mol. The largest absolute Gasteiger partial charge is 0.467 e. The number of nitrogens with zero attached hydrogens (tertiary/aromatic N) is 2. The van der Waals surface area contributed by atoms with Crippen LogP contribution in [0.5, 0.6) is 0 Å². The molecule has 0 aromatic carbocycles. The van der Waals surface area contributed by atoms with E-state index in [2.05, 4.69) is 13.8 Å². The summed E-state index contributed by atoms with van der Waals surface area (Å²) in [6, 6.07) is 3.72. The quantitative estimate of drug-likeness (QED) is 0.293. The summed E-state index contributed by atoms with van der Waals surface area (Å²) < 4.78 is 11.2. The maximum absolute atomic E-state index is 13.2. The first kappa shape index (κ1) is 26.4. The highest BCUT2D eigenvalue weighted by Gasteiger charge is 2.26. The van der Waals surface area contributed by atoms with Crippen molar-refractivity contribution in [2.45, 2.75) is 104 Å². The molecule has 0 aliphatic carbocycles. The molecule has 1 saturated heterocycles. The molecular weight excluding hydrogens is 404 g/mol. The van der Waals surface area contributed by atoms with Gasteiger partial charge in [-0.2, -0.15) is 0 Å². The molecule has 182 valence electrons. The van der Waals surface area contributed by atoms with Gasteiger partial charge in [-0.1, -0.05) is 58.8 Å². The van der Waals surface area contributed by atoms with Gasteiger partial charge in [0.25, 0.3) is 0 Å². The van der Waals surface area contributed by atoms with E-state index >= 15 is 0 Å². The van der Waals surface area contributed by atoms with Crippen LogP contribution in [0.4, 0.5) is 0 Å². The second-order valence-electron chi connectivity index (χ2n) is 9.03. The standard InChI is InChI=1S/C26H44N2O4/c1-3-5-7-8-9-10-11-16-25(29)27(17-6-4-2)22-26(30)28(20-23-14-12-18-31-23)21-24-15-13-19-32-24/h12,14,18,24H,3-11,13,15-17,19-22H2,1-2H3. The molecule has 2 rings (SSSR count). The fraction of sp³-hybridized carbons (Fsp3) is 0.769. The first-order valence-electron chi connectivity index (χ1n) is 12.8.